The Morgan fingerprint density at radius 1 is 0.508 bits per heavy atom. The van der Waals surface area contributed by atoms with Gasteiger partial charge in [0.05, 0.1) is 0 Å². The molecular weight excluding hydrogens is 713 g/mol. The van der Waals surface area contributed by atoms with Crippen molar-refractivity contribution in [2.24, 2.45) is 0 Å². The van der Waals surface area contributed by atoms with Crippen molar-refractivity contribution < 1.29 is 0 Å². The van der Waals surface area contributed by atoms with Gasteiger partial charge in [-0.15, -0.1) is 0 Å². The van der Waals surface area contributed by atoms with Gasteiger partial charge >= 0.3 is 0 Å². The van der Waals surface area contributed by atoms with E-state index in [1.807, 2.05) is 0 Å². The summed E-state index contributed by atoms with van der Waals surface area (Å²) in [6.07, 6.45) is 9.20. The van der Waals surface area contributed by atoms with E-state index in [0.717, 1.165) is 25.8 Å². The van der Waals surface area contributed by atoms with E-state index < -0.39 is 0 Å². The summed E-state index contributed by atoms with van der Waals surface area (Å²) in [7, 11) is 0. The molecule has 0 unspecified atom stereocenters. The molecule has 0 aromatic heterocycles. The predicted molar refractivity (Wildman–Crippen MR) is 253 cm³/mol. The highest BCUT2D eigenvalue weighted by molar-refractivity contribution is 6.04. The minimum absolute atomic E-state index is 0.0412. The van der Waals surface area contributed by atoms with Gasteiger partial charge in [0.25, 0.3) is 0 Å². The second-order valence-electron chi connectivity index (χ2n) is 18.1. The normalized spacial score (nSPS) is 16.3. The zero-order valence-corrected chi connectivity index (χ0v) is 34.6. The molecule has 0 atom stereocenters. The maximum atomic E-state index is 2.58. The summed E-state index contributed by atoms with van der Waals surface area (Å²) in [5.74, 6) is 0. The van der Waals surface area contributed by atoms with Gasteiger partial charge < -0.3 is 9.80 Å². The molecule has 2 nitrogen and oxygen atoms in total. The van der Waals surface area contributed by atoms with Crippen molar-refractivity contribution in [1.82, 2.24) is 0 Å². The van der Waals surface area contributed by atoms with Crippen molar-refractivity contribution in [3.8, 4) is 22.3 Å². The first-order valence-corrected chi connectivity index (χ1v) is 21.5. The molecule has 11 rings (SSSR count). The van der Waals surface area contributed by atoms with Crippen LogP contribution >= 0.6 is 0 Å². The molecule has 2 heteroatoms. The second-order valence-corrected chi connectivity index (χ2v) is 18.1. The number of rotatable bonds is 5. The fourth-order valence-corrected chi connectivity index (χ4v) is 10.6. The molecule has 0 fully saturated rings. The molecule has 0 saturated carbocycles. The zero-order chi connectivity index (χ0) is 39.9. The Morgan fingerprint density at radius 3 is 2.02 bits per heavy atom. The predicted octanol–water partition coefficient (Wildman–Crippen LogP) is 15.1. The van der Waals surface area contributed by atoms with Crippen LogP contribution in [0.2, 0.25) is 0 Å². The lowest BCUT2D eigenvalue weighted by Crippen LogP contribution is -2.44. The van der Waals surface area contributed by atoms with Crippen molar-refractivity contribution in [1.29, 1.82) is 0 Å². The second kappa shape index (κ2) is 13.6. The highest BCUT2D eigenvalue weighted by atomic mass is 15.2. The van der Waals surface area contributed by atoms with Crippen molar-refractivity contribution in [2.45, 2.75) is 64.3 Å². The third-order valence-electron chi connectivity index (χ3n) is 13.8. The largest absolute Gasteiger partial charge is 0.341 e. The standard InChI is InChI=1S/C57H50N2/c1-56(2)32-31-41-13-6-10-18-55(41)59(56)46-27-30-51-50-28-20-38(34-52(50)57(3,4)53(51)37-46)19-21-39-25-29-48(49-16-8-7-15-47(39)49)44-23-22-43-36-45(26-24-42(43)35-44)58-33-11-14-40-12-5-9-17-54(40)58/h5-10,12-13,15-30,34-37H,11,14,31-33H2,1-4H3/b21-19+. The summed E-state index contributed by atoms with van der Waals surface area (Å²) >= 11 is 0. The number of para-hydroxylation sites is 2. The van der Waals surface area contributed by atoms with Crippen LogP contribution < -0.4 is 9.80 Å². The van der Waals surface area contributed by atoms with Crippen LogP contribution in [-0.4, -0.2) is 12.1 Å². The Bertz CT molecular complexity index is 3000. The van der Waals surface area contributed by atoms with E-state index in [1.165, 1.54) is 106 Å². The average molecular weight is 763 g/mol. The smallest absolute Gasteiger partial charge is 0.0448 e. The third-order valence-corrected chi connectivity index (χ3v) is 13.8. The molecule has 0 saturated heterocycles. The Kier molecular flexibility index (Phi) is 8.24. The molecule has 0 amide bonds. The molecule has 3 aliphatic rings. The van der Waals surface area contributed by atoms with Crippen LogP contribution in [0.15, 0.2) is 158 Å². The highest BCUT2D eigenvalue weighted by Crippen LogP contribution is 2.52. The van der Waals surface area contributed by atoms with Crippen LogP contribution in [0.25, 0.3) is 56.0 Å². The monoisotopic (exact) mass is 762 g/mol. The topological polar surface area (TPSA) is 6.48 Å². The highest BCUT2D eigenvalue weighted by Gasteiger charge is 2.38. The molecule has 0 radical (unpaired) electrons. The van der Waals surface area contributed by atoms with Gasteiger partial charge in [0.15, 0.2) is 0 Å². The van der Waals surface area contributed by atoms with Gasteiger partial charge in [-0.25, -0.2) is 0 Å². The van der Waals surface area contributed by atoms with Crippen molar-refractivity contribution in [3.63, 3.8) is 0 Å². The summed E-state index contributed by atoms with van der Waals surface area (Å²) in [5, 5.41) is 5.08. The molecule has 8 aromatic carbocycles. The molecule has 0 bridgehead atoms. The zero-order valence-electron chi connectivity index (χ0n) is 34.6. The minimum Gasteiger partial charge on any atom is -0.341 e. The molecule has 0 N–H and O–H groups in total. The van der Waals surface area contributed by atoms with Gasteiger partial charge in [-0.2, -0.15) is 0 Å². The SMILES string of the molecule is CC1(C)c2cc(/C=C/c3ccc(-c4ccc5cc(N6CCCc7ccccc76)ccc5c4)c4ccccc34)ccc2-c2ccc(N3c4ccccc4CCC3(C)C)cc21. The van der Waals surface area contributed by atoms with Gasteiger partial charge in [0.1, 0.15) is 0 Å². The molecule has 2 heterocycles. The van der Waals surface area contributed by atoms with Gasteiger partial charge in [-0.3, -0.25) is 0 Å². The van der Waals surface area contributed by atoms with Gasteiger partial charge in [0, 0.05) is 40.2 Å². The van der Waals surface area contributed by atoms with Gasteiger partial charge in [-0.1, -0.05) is 141 Å². The molecule has 288 valence electrons. The van der Waals surface area contributed by atoms with Gasteiger partial charge in [-0.05, 0) is 159 Å². The lowest BCUT2D eigenvalue weighted by molar-refractivity contribution is 0.447. The van der Waals surface area contributed by atoms with E-state index in [1.54, 1.807) is 0 Å². The first-order valence-electron chi connectivity index (χ1n) is 21.5. The maximum Gasteiger partial charge on any atom is 0.0448 e. The molecule has 2 aliphatic heterocycles. The summed E-state index contributed by atoms with van der Waals surface area (Å²) in [5.41, 5.74) is 18.5. The van der Waals surface area contributed by atoms with Crippen molar-refractivity contribution in [2.75, 3.05) is 16.3 Å². The summed E-state index contributed by atoms with van der Waals surface area (Å²) in [6.45, 7) is 10.6. The fourth-order valence-electron chi connectivity index (χ4n) is 10.6. The number of nitrogens with zero attached hydrogens (tertiary/aromatic N) is 2. The number of fused-ring (bicyclic) bond motifs is 7. The first kappa shape index (κ1) is 35.8. The lowest BCUT2D eigenvalue weighted by atomic mass is 9.81. The summed E-state index contributed by atoms with van der Waals surface area (Å²) in [4.78, 5) is 5.07. The van der Waals surface area contributed by atoms with Crippen LogP contribution in [0.4, 0.5) is 22.7 Å². The lowest BCUT2D eigenvalue weighted by Gasteiger charge is -2.45. The Morgan fingerprint density at radius 2 is 1.17 bits per heavy atom. The van der Waals surface area contributed by atoms with Crippen molar-refractivity contribution in [3.05, 3.63) is 191 Å². The van der Waals surface area contributed by atoms with E-state index in [9.17, 15) is 0 Å². The molecule has 8 aromatic rings. The number of benzene rings is 8. The Balaban J connectivity index is 0.885. The average Bonchev–Trinajstić information content (AvgIpc) is 3.49. The van der Waals surface area contributed by atoms with Crippen LogP contribution in [0.3, 0.4) is 0 Å². The van der Waals surface area contributed by atoms with Crippen molar-refractivity contribution >= 4 is 56.4 Å². The van der Waals surface area contributed by atoms with E-state index >= 15 is 0 Å². The molecular formula is C57H50N2. The summed E-state index contributed by atoms with van der Waals surface area (Å²) < 4.78 is 0. The van der Waals surface area contributed by atoms with E-state index in [2.05, 4.69) is 207 Å². The molecule has 0 spiro atoms. The molecule has 1 aliphatic carbocycles. The van der Waals surface area contributed by atoms with Crippen LogP contribution in [0.5, 0.6) is 0 Å². The first-order chi connectivity index (χ1) is 28.7. The van der Waals surface area contributed by atoms with E-state index in [-0.39, 0.29) is 11.0 Å². The van der Waals surface area contributed by atoms with Crippen LogP contribution in [0.1, 0.15) is 73.9 Å². The Labute approximate surface area is 349 Å². The molecule has 59 heavy (non-hydrogen) atoms. The number of aryl methyl sites for hydroxylation is 2. The fraction of sp³-hybridized carbons (Fsp3) is 0.193. The van der Waals surface area contributed by atoms with Crippen LogP contribution in [-0.2, 0) is 18.3 Å². The summed E-state index contributed by atoms with van der Waals surface area (Å²) in [6, 6.07) is 59.5. The minimum atomic E-state index is -0.112. The maximum absolute atomic E-state index is 2.58. The van der Waals surface area contributed by atoms with Gasteiger partial charge in [0.2, 0.25) is 0 Å². The van der Waals surface area contributed by atoms with E-state index in [0.29, 0.717) is 0 Å². The van der Waals surface area contributed by atoms with Crippen LogP contribution in [0, 0.1) is 0 Å². The number of anilines is 4. The third kappa shape index (κ3) is 5.91. The number of hydrogen-bond donors (Lipinski definition) is 0. The van der Waals surface area contributed by atoms with E-state index in [4.69, 9.17) is 0 Å². The Hall–Kier alpha value is -6.38. The quantitative estimate of drug-likeness (QED) is 0.161. The number of hydrogen-bond acceptors (Lipinski definition) is 2.